The van der Waals surface area contributed by atoms with E-state index in [0.29, 0.717) is 19.0 Å². The molecule has 0 saturated carbocycles. The molecule has 0 aliphatic carbocycles. The zero-order valence-electron chi connectivity index (χ0n) is 22.7. The van der Waals surface area contributed by atoms with Gasteiger partial charge in [0.25, 0.3) is 0 Å². The molecule has 1 unspecified atom stereocenters. The number of carbonyl (C=O) groups is 1. The van der Waals surface area contributed by atoms with Gasteiger partial charge in [0.05, 0.1) is 0 Å². The van der Waals surface area contributed by atoms with E-state index in [2.05, 4.69) is 19.9 Å². The molecular weight excluding hydrogens is 458 g/mol. The van der Waals surface area contributed by atoms with E-state index in [9.17, 15) is 4.79 Å². The number of aryl methyl sites for hydroxylation is 2. The summed E-state index contributed by atoms with van der Waals surface area (Å²) in [6.07, 6.45) is 0. The maximum Gasteiger partial charge on any atom is 1.00 e. The quantitative estimate of drug-likeness (QED) is 0.259. The van der Waals surface area contributed by atoms with Crippen molar-refractivity contribution in [3.63, 3.8) is 0 Å². The van der Waals surface area contributed by atoms with Crippen molar-refractivity contribution < 1.29 is 34.6 Å². The molecule has 5 heteroatoms. The Morgan fingerprint density at radius 3 is 1.92 bits per heavy atom. The van der Waals surface area contributed by atoms with E-state index in [1.165, 1.54) is 11.1 Å². The molecule has 0 amide bonds. The van der Waals surface area contributed by atoms with Gasteiger partial charge >= 0.3 is 18.9 Å². The van der Waals surface area contributed by atoms with Gasteiger partial charge < -0.3 is 10.9 Å². The van der Waals surface area contributed by atoms with Crippen LogP contribution in [0.2, 0.25) is 0 Å². The second kappa shape index (κ2) is 12.9. The van der Waals surface area contributed by atoms with Crippen molar-refractivity contribution in [2.75, 3.05) is 0 Å². The Balaban J connectivity index is 0.00000241. The molecule has 4 aromatic carbocycles. The van der Waals surface area contributed by atoms with E-state index in [-0.39, 0.29) is 34.4 Å². The fourth-order valence-electron chi connectivity index (χ4n) is 4.11. The fourth-order valence-corrected chi connectivity index (χ4v) is 5.30. The van der Waals surface area contributed by atoms with Crippen molar-refractivity contribution in [2.24, 2.45) is 0 Å². The number of hydrogen-bond donors (Lipinski definition) is 0. The third-order valence-electron chi connectivity index (χ3n) is 6.27. The van der Waals surface area contributed by atoms with E-state index >= 15 is 0 Å². The Morgan fingerprint density at radius 1 is 0.722 bits per heavy atom. The van der Waals surface area contributed by atoms with Crippen LogP contribution in [0.4, 0.5) is 0 Å². The molecule has 0 radical (unpaired) electrons. The largest absolute Gasteiger partial charge is 1.00 e. The Labute approximate surface area is 229 Å². The third kappa shape index (κ3) is 6.89. The summed E-state index contributed by atoms with van der Waals surface area (Å²) >= 11 is 0. The Hall–Kier alpha value is -2.82. The van der Waals surface area contributed by atoms with Gasteiger partial charge in [-0.3, -0.25) is 4.79 Å². The second-order valence-electron chi connectivity index (χ2n) is 8.80. The smallest absolute Gasteiger partial charge is 1.00 e. The van der Waals surface area contributed by atoms with Crippen LogP contribution in [0.5, 0.6) is 11.5 Å². The molecule has 1 atom stereocenters. The van der Waals surface area contributed by atoms with E-state index in [0.717, 1.165) is 38.9 Å². The maximum absolute atomic E-state index is 13.5. The zero-order valence-corrected chi connectivity index (χ0v) is 22.7. The Morgan fingerprint density at radius 2 is 1.31 bits per heavy atom. The van der Waals surface area contributed by atoms with Crippen LogP contribution in [-0.2, 0) is 13.2 Å². The summed E-state index contributed by atoms with van der Waals surface area (Å²) in [6, 6.07) is 28.0. The van der Waals surface area contributed by atoms with Crippen molar-refractivity contribution in [2.45, 2.75) is 40.9 Å². The minimum absolute atomic E-state index is 0. The molecule has 0 N–H and O–H groups in total. The minimum atomic E-state index is -0.0402. The van der Waals surface area contributed by atoms with E-state index in [1.807, 2.05) is 92.7 Å². The summed E-state index contributed by atoms with van der Waals surface area (Å²) in [5.74, 6) is 1.40. The first kappa shape index (κ1) is 27.8. The molecule has 0 bridgehead atoms. The Kier molecular flexibility index (Phi) is 9.97. The SMILES string of the molecule is Cc1cc(C)c(C(=O)Pc2ccc(OCc3ccccc3)cc2OCc2ccccc2)c(C)c1C.[H-].[Li+]. The van der Waals surface area contributed by atoms with Crippen LogP contribution in [0.15, 0.2) is 84.9 Å². The van der Waals surface area contributed by atoms with Gasteiger partial charge in [0.15, 0.2) is 5.52 Å². The number of ether oxygens (including phenoxy) is 2. The van der Waals surface area contributed by atoms with Crippen LogP contribution in [0, 0.1) is 27.7 Å². The van der Waals surface area contributed by atoms with Gasteiger partial charge in [-0.1, -0.05) is 66.7 Å². The van der Waals surface area contributed by atoms with Crippen molar-refractivity contribution >= 4 is 19.4 Å². The number of benzene rings is 4. The molecule has 0 aromatic heterocycles. The van der Waals surface area contributed by atoms with Gasteiger partial charge in [0.1, 0.15) is 24.7 Å². The summed E-state index contributed by atoms with van der Waals surface area (Å²) in [6.45, 7) is 9.13. The molecule has 0 spiro atoms. The van der Waals surface area contributed by atoms with E-state index in [4.69, 9.17) is 9.47 Å². The molecule has 3 nitrogen and oxygen atoms in total. The van der Waals surface area contributed by atoms with Crippen LogP contribution >= 0.6 is 8.58 Å². The average Bonchev–Trinajstić information content (AvgIpc) is 2.87. The third-order valence-corrected chi connectivity index (χ3v) is 7.43. The van der Waals surface area contributed by atoms with Crippen LogP contribution in [0.25, 0.3) is 0 Å². The summed E-state index contributed by atoms with van der Waals surface area (Å²) in [7, 11) is -0.0402. The predicted octanol–water partition coefficient (Wildman–Crippen LogP) is 4.34. The summed E-state index contributed by atoms with van der Waals surface area (Å²) in [5, 5.41) is 0.884. The van der Waals surface area contributed by atoms with Gasteiger partial charge in [-0.2, -0.15) is 0 Å². The van der Waals surface area contributed by atoms with Crippen molar-refractivity contribution in [1.29, 1.82) is 0 Å². The Bertz CT molecular complexity index is 1330. The van der Waals surface area contributed by atoms with Gasteiger partial charge in [0, 0.05) is 16.9 Å². The molecule has 0 aliphatic rings. The van der Waals surface area contributed by atoms with Crippen LogP contribution in [0.1, 0.15) is 45.2 Å². The standard InChI is InChI=1S/C31H31O3P.Li.H/c1-21-17-22(2)30(24(4)23(21)3)31(32)35-29-16-15-27(33-19-25-11-7-5-8-12-25)18-28(29)34-20-26-13-9-6-10-14-26;;/h5-18,35H,19-20H2,1-4H3;;/q;+1;-1. The number of rotatable bonds is 9. The first-order valence-electron chi connectivity index (χ1n) is 11.8. The van der Waals surface area contributed by atoms with Crippen LogP contribution < -0.4 is 33.6 Å². The first-order valence-corrected chi connectivity index (χ1v) is 12.8. The van der Waals surface area contributed by atoms with Crippen LogP contribution in [-0.4, -0.2) is 5.52 Å². The van der Waals surface area contributed by atoms with E-state index in [1.54, 1.807) is 0 Å². The molecule has 4 rings (SSSR count). The van der Waals surface area contributed by atoms with Gasteiger partial charge in [0.2, 0.25) is 0 Å². The summed E-state index contributed by atoms with van der Waals surface area (Å²) in [5.41, 5.74) is 7.61. The minimum Gasteiger partial charge on any atom is -1.00 e. The van der Waals surface area contributed by atoms with Gasteiger partial charge in [-0.15, -0.1) is 0 Å². The van der Waals surface area contributed by atoms with Gasteiger partial charge in [-0.05, 0) is 81.8 Å². The number of carbonyl (C=O) groups excluding carboxylic acids is 1. The molecule has 0 aliphatic heterocycles. The summed E-state index contributed by atoms with van der Waals surface area (Å²) < 4.78 is 12.3. The molecule has 36 heavy (non-hydrogen) atoms. The van der Waals surface area contributed by atoms with Gasteiger partial charge in [-0.25, -0.2) is 0 Å². The number of hydrogen-bond acceptors (Lipinski definition) is 3. The average molecular weight is 491 g/mol. The maximum atomic E-state index is 13.5. The molecule has 180 valence electrons. The second-order valence-corrected chi connectivity index (χ2v) is 10.0. The van der Waals surface area contributed by atoms with Crippen LogP contribution in [0.3, 0.4) is 0 Å². The normalized spacial score (nSPS) is 10.8. The van der Waals surface area contributed by atoms with E-state index < -0.39 is 0 Å². The first-order chi connectivity index (χ1) is 16.9. The molecule has 0 heterocycles. The topological polar surface area (TPSA) is 35.5 Å². The molecule has 4 aromatic rings. The molecule has 0 saturated heterocycles. The van der Waals surface area contributed by atoms with Crippen molar-refractivity contribution in [3.05, 3.63) is 124 Å². The molecular formula is C31H32LiO3P. The monoisotopic (exact) mass is 490 g/mol. The predicted molar refractivity (Wildman–Crippen MR) is 147 cm³/mol. The van der Waals surface area contributed by atoms with Crippen molar-refractivity contribution in [1.82, 2.24) is 0 Å². The van der Waals surface area contributed by atoms with Crippen molar-refractivity contribution in [3.8, 4) is 11.5 Å². The molecule has 0 fully saturated rings. The fraction of sp³-hybridized carbons (Fsp3) is 0.194. The summed E-state index contributed by atoms with van der Waals surface area (Å²) in [4.78, 5) is 13.5. The zero-order chi connectivity index (χ0) is 24.8.